The van der Waals surface area contributed by atoms with E-state index in [-0.39, 0.29) is 0 Å². The maximum atomic E-state index is 12.8. The van der Waals surface area contributed by atoms with Crippen molar-refractivity contribution >= 4 is 17.8 Å². The van der Waals surface area contributed by atoms with Gasteiger partial charge in [-0.2, -0.15) is 0 Å². The fraction of sp³-hybridized carbons (Fsp3) is 0.903. The van der Waals surface area contributed by atoms with Crippen molar-refractivity contribution in [2.75, 3.05) is 26.4 Å². The molecule has 4 aliphatic heterocycles. The summed E-state index contributed by atoms with van der Waals surface area (Å²) in [5, 5.41) is 150. The van der Waals surface area contributed by atoms with Crippen molar-refractivity contribution in [1.29, 1.82) is 0 Å². The molecular formula is C31H52N2O24. The standard InChI is InChI=1S/C31H52N2O24/c1-8(37)32-15-10(39)3-31(30(49)50,56-25(15)17(41)11(40)4-34)57-26-19(43)12(5-35)53-29(23(26)47)55-24-13(6-36)54-28(16(20(24)44)33-9(2)38)51-7-14-18(42)21(45)22(46)27(48)52-14/h10-29,34-36,39-48H,3-7H2,1-2H3,(H,32,37)(H,33,38)(H,49,50)/t10-,11+,12+,13+,14+,15+,16+,17+,18-,19-,20+,21-,22+,23+,24+,25+,26-,27?,28+,29-,31-/m0/s1. The molecular weight excluding hydrogens is 784 g/mol. The van der Waals surface area contributed by atoms with E-state index in [1.807, 2.05) is 0 Å². The van der Waals surface area contributed by atoms with Gasteiger partial charge in [-0.05, 0) is 0 Å². The number of nitrogens with one attached hydrogen (secondary N) is 2. The Hall–Kier alpha value is -2.39. The molecule has 16 N–H and O–H groups in total. The summed E-state index contributed by atoms with van der Waals surface area (Å²) >= 11 is 0. The number of ether oxygens (including phenoxy) is 7. The van der Waals surface area contributed by atoms with Gasteiger partial charge < -0.3 is 115 Å². The molecule has 0 spiro atoms. The van der Waals surface area contributed by atoms with E-state index in [0.717, 1.165) is 13.8 Å². The van der Waals surface area contributed by atoms with Crippen molar-refractivity contribution in [3.8, 4) is 0 Å². The fourth-order valence-corrected chi connectivity index (χ4v) is 6.95. The SMILES string of the molecule is CC(=O)N[C@H]1[C@H](OC[C@H]2OC(O)[C@H](O)[C@@H](O)[C@H]2O)O[C@H](CO)[C@@H](O[C@@H]2O[C@H](CO)[C@H](O)[C@H](O[C@]3(C(=O)O)C[C@H](O)[C@@H](NC(C)=O)[C@H]([C@H](O)[C@H](O)CO)O3)[C@H]2O)[C@@H]1O. The van der Waals surface area contributed by atoms with Gasteiger partial charge in [-0.1, -0.05) is 0 Å². The molecule has 4 heterocycles. The first kappa shape index (κ1) is 47.3. The van der Waals surface area contributed by atoms with Gasteiger partial charge in [0, 0.05) is 20.3 Å². The predicted molar refractivity (Wildman–Crippen MR) is 174 cm³/mol. The average Bonchev–Trinajstić information content (AvgIpc) is 3.16. The Morgan fingerprint density at radius 1 is 0.719 bits per heavy atom. The predicted octanol–water partition coefficient (Wildman–Crippen LogP) is -10.3. The summed E-state index contributed by atoms with van der Waals surface area (Å²) in [5.41, 5.74) is 0. The smallest absolute Gasteiger partial charge is 0.364 e. The van der Waals surface area contributed by atoms with Crippen molar-refractivity contribution in [3.63, 3.8) is 0 Å². The summed E-state index contributed by atoms with van der Waals surface area (Å²) in [6.45, 7) is -1.73. The molecule has 0 saturated carbocycles. The summed E-state index contributed by atoms with van der Waals surface area (Å²) in [6.07, 6.45) is -35.6. The van der Waals surface area contributed by atoms with Gasteiger partial charge in [0.25, 0.3) is 5.79 Å². The van der Waals surface area contributed by atoms with Gasteiger partial charge in [0.1, 0.15) is 91.5 Å². The first-order valence-corrected chi connectivity index (χ1v) is 17.7. The van der Waals surface area contributed by atoms with Gasteiger partial charge >= 0.3 is 5.97 Å². The summed E-state index contributed by atoms with van der Waals surface area (Å²) in [7, 11) is 0. The number of aliphatic carboxylic acids is 1. The average molecular weight is 837 g/mol. The van der Waals surface area contributed by atoms with E-state index in [0.29, 0.717) is 0 Å². The van der Waals surface area contributed by atoms with E-state index in [1.165, 1.54) is 0 Å². The van der Waals surface area contributed by atoms with Crippen LogP contribution in [0, 0.1) is 0 Å². The van der Waals surface area contributed by atoms with Crippen LogP contribution in [0.15, 0.2) is 0 Å². The second-order valence-electron chi connectivity index (χ2n) is 14.1. The number of carbonyl (C=O) groups is 3. The van der Waals surface area contributed by atoms with E-state index in [2.05, 4.69) is 10.6 Å². The Kier molecular flexibility index (Phi) is 16.4. The van der Waals surface area contributed by atoms with Crippen molar-refractivity contribution in [2.24, 2.45) is 0 Å². The van der Waals surface area contributed by atoms with E-state index < -0.39 is 179 Å². The highest BCUT2D eigenvalue weighted by molar-refractivity contribution is 5.76. The lowest BCUT2D eigenvalue weighted by molar-refractivity contribution is -0.383. The molecule has 4 rings (SSSR count). The number of hydrogen-bond acceptors (Lipinski definition) is 23. The van der Waals surface area contributed by atoms with E-state index in [9.17, 15) is 85.9 Å². The quantitative estimate of drug-likeness (QED) is 0.0728. The Morgan fingerprint density at radius 3 is 1.88 bits per heavy atom. The lowest BCUT2D eigenvalue weighted by Gasteiger charge is -2.51. The molecule has 0 radical (unpaired) electrons. The number of aliphatic hydroxyl groups is 13. The summed E-state index contributed by atoms with van der Waals surface area (Å²) in [6, 6.07) is -3.19. The molecule has 4 aliphatic rings. The first-order valence-electron chi connectivity index (χ1n) is 17.7. The highest BCUT2D eigenvalue weighted by Crippen LogP contribution is 2.38. The van der Waals surface area contributed by atoms with Gasteiger partial charge in [-0.3, -0.25) is 9.59 Å². The minimum Gasteiger partial charge on any atom is -0.477 e. The number of carboxylic acid groups (broad SMARTS) is 1. The van der Waals surface area contributed by atoms with Gasteiger partial charge in [-0.15, -0.1) is 0 Å². The van der Waals surface area contributed by atoms with Crippen LogP contribution in [-0.2, 0) is 47.5 Å². The van der Waals surface area contributed by atoms with Gasteiger partial charge in [0.05, 0.1) is 38.6 Å². The summed E-state index contributed by atoms with van der Waals surface area (Å²) < 4.78 is 38.9. The topological polar surface area (TPSA) is 423 Å². The molecule has 0 aromatic carbocycles. The van der Waals surface area contributed by atoms with Crippen LogP contribution in [0.25, 0.3) is 0 Å². The maximum absolute atomic E-state index is 12.8. The molecule has 1 unspecified atom stereocenters. The summed E-state index contributed by atoms with van der Waals surface area (Å²) in [4.78, 5) is 36.9. The van der Waals surface area contributed by atoms with Crippen LogP contribution in [0.4, 0.5) is 0 Å². The van der Waals surface area contributed by atoms with Crippen molar-refractivity contribution in [3.05, 3.63) is 0 Å². The van der Waals surface area contributed by atoms with Gasteiger partial charge in [0.15, 0.2) is 18.9 Å². The Balaban J connectivity index is 1.59. The van der Waals surface area contributed by atoms with Gasteiger partial charge in [-0.25, -0.2) is 4.79 Å². The number of hydrogen-bond donors (Lipinski definition) is 16. The molecule has 2 amide bonds. The molecule has 26 heteroatoms. The van der Waals surface area contributed by atoms with E-state index >= 15 is 0 Å². The largest absolute Gasteiger partial charge is 0.477 e. The number of aliphatic hydroxyl groups excluding tert-OH is 13. The molecule has 0 aromatic heterocycles. The lowest BCUT2D eigenvalue weighted by Crippen LogP contribution is -2.71. The van der Waals surface area contributed by atoms with Crippen LogP contribution < -0.4 is 10.6 Å². The van der Waals surface area contributed by atoms with Gasteiger partial charge in [0.2, 0.25) is 11.8 Å². The first-order chi connectivity index (χ1) is 26.7. The van der Waals surface area contributed by atoms with E-state index in [4.69, 9.17) is 33.2 Å². The normalized spacial score (nSPS) is 45.1. The Bertz CT molecular complexity index is 1350. The second-order valence-corrected chi connectivity index (χ2v) is 14.1. The molecule has 0 bridgehead atoms. The molecule has 4 fully saturated rings. The minimum absolute atomic E-state index is 0.691. The van der Waals surface area contributed by atoms with Crippen LogP contribution in [-0.4, -0.2) is 244 Å². The van der Waals surface area contributed by atoms with Crippen molar-refractivity contribution in [2.45, 2.75) is 149 Å². The van der Waals surface area contributed by atoms with Crippen LogP contribution in [0.3, 0.4) is 0 Å². The lowest BCUT2D eigenvalue weighted by atomic mass is 9.88. The number of rotatable bonds is 15. The highest BCUT2D eigenvalue weighted by Gasteiger charge is 2.60. The highest BCUT2D eigenvalue weighted by atomic mass is 16.8. The maximum Gasteiger partial charge on any atom is 0.364 e. The van der Waals surface area contributed by atoms with Crippen molar-refractivity contribution < 1.29 is 119 Å². The van der Waals surface area contributed by atoms with Crippen LogP contribution in [0.2, 0.25) is 0 Å². The zero-order valence-electron chi connectivity index (χ0n) is 30.4. The number of carbonyl (C=O) groups excluding carboxylic acids is 2. The van der Waals surface area contributed by atoms with Crippen LogP contribution in [0.5, 0.6) is 0 Å². The monoisotopic (exact) mass is 836 g/mol. The fourth-order valence-electron chi connectivity index (χ4n) is 6.95. The Morgan fingerprint density at radius 2 is 1.32 bits per heavy atom. The molecule has 21 atom stereocenters. The van der Waals surface area contributed by atoms with Crippen molar-refractivity contribution in [1.82, 2.24) is 10.6 Å². The molecule has 4 saturated heterocycles. The van der Waals surface area contributed by atoms with E-state index in [1.54, 1.807) is 0 Å². The third kappa shape index (κ3) is 10.3. The zero-order valence-corrected chi connectivity index (χ0v) is 30.4. The number of amides is 2. The zero-order chi connectivity index (χ0) is 42.7. The molecule has 0 aliphatic carbocycles. The molecule has 0 aromatic rings. The Labute approximate surface area is 322 Å². The molecule has 57 heavy (non-hydrogen) atoms. The van der Waals surface area contributed by atoms with Crippen LogP contribution in [0.1, 0.15) is 20.3 Å². The third-order valence-corrected chi connectivity index (χ3v) is 9.96. The summed E-state index contributed by atoms with van der Waals surface area (Å²) in [5.74, 6) is -6.68. The molecule has 26 nitrogen and oxygen atoms in total. The third-order valence-electron chi connectivity index (χ3n) is 9.96. The minimum atomic E-state index is -3.11. The number of carboxylic acids is 1. The second kappa shape index (κ2) is 19.8. The molecule has 330 valence electrons. The van der Waals surface area contributed by atoms with Crippen LogP contribution >= 0.6 is 0 Å².